The van der Waals surface area contributed by atoms with Crippen LogP contribution >= 0.6 is 0 Å². The van der Waals surface area contributed by atoms with Crippen LogP contribution in [0.4, 0.5) is 0 Å². The Morgan fingerprint density at radius 2 is 1.12 bits per heavy atom. The van der Waals surface area contributed by atoms with Crippen molar-refractivity contribution in [3.8, 4) is 34.0 Å². The van der Waals surface area contributed by atoms with Crippen LogP contribution in [0.15, 0.2) is 72.8 Å². The molecular formula is C20H15LiN2O2. The van der Waals surface area contributed by atoms with Gasteiger partial charge in [-0.05, 0) is 12.1 Å². The summed E-state index contributed by atoms with van der Waals surface area (Å²) in [6.45, 7) is 0. The SMILES string of the molecule is Oc1ccc2nc(-c3ccccc3)c(-c3ccccc3)nc2c1O.[LiH]. The van der Waals surface area contributed by atoms with Gasteiger partial charge in [0, 0.05) is 11.1 Å². The molecule has 118 valence electrons. The molecule has 25 heavy (non-hydrogen) atoms. The van der Waals surface area contributed by atoms with E-state index in [9.17, 15) is 10.2 Å². The second kappa shape index (κ2) is 6.98. The number of phenolic OH excluding ortho intramolecular Hbond substituents is 2. The first-order valence-electron chi connectivity index (χ1n) is 7.57. The number of benzene rings is 3. The summed E-state index contributed by atoms with van der Waals surface area (Å²) >= 11 is 0. The zero-order valence-corrected chi connectivity index (χ0v) is 12.7. The molecule has 2 N–H and O–H groups in total. The normalized spacial score (nSPS) is 10.4. The Balaban J connectivity index is 0.00000182. The standard InChI is InChI=1S/C20H14N2O2.Li.H/c23-16-12-11-15-19(20(16)24)22-18(14-9-5-2-6-10-14)17(21-15)13-7-3-1-4-8-13;;/h1-12,23-24H;;. The summed E-state index contributed by atoms with van der Waals surface area (Å²) in [5, 5.41) is 19.9. The fourth-order valence-electron chi connectivity index (χ4n) is 2.69. The Hall–Kier alpha value is -2.80. The predicted molar refractivity (Wildman–Crippen MR) is 101 cm³/mol. The van der Waals surface area contributed by atoms with Gasteiger partial charge in [0.25, 0.3) is 0 Å². The average molecular weight is 322 g/mol. The van der Waals surface area contributed by atoms with E-state index in [1.807, 2.05) is 60.7 Å². The number of aromatic nitrogens is 2. The van der Waals surface area contributed by atoms with E-state index in [4.69, 9.17) is 4.98 Å². The molecule has 0 atom stereocenters. The molecule has 0 spiro atoms. The Labute approximate surface area is 157 Å². The Morgan fingerprint density at radius 3 is 1.68 bits per heavy atom. The molecule has 0 aliphatic rings. The van der Waals surface area contributed by atoms with E-state index in [0.29, 0.717) is 11.2 Å². The van der Waals surface area contributed by atoms with Gasteiger partial charge in [-0.25, -0.2) is 9.97 Å². The first kappa shape index (κ1) is 17.0. The molecule has 1 heterocycles. The van der Waals surface area contributed by atoms with Crippen molar-refractivity contribution in [3.63, 3.8) is 0 Å². The zero-order chi connectivity index (χ0) is 16.5. The summed E-state index contributed by atoms with van der Waals surface area (Å²) in [6, 6.07) is 22.6. The first-order chi connectivity index (χ1) is 11.7. The predicted octanol–water partition coefficient (Wildman–Crippen LogP) is 3.73. The number of fused-ring (bicyclic) bond motifs is 1. The van der Waals surface area contributed by atoms with Crippen molar-refractivity contribution in [2.75, 3.05) is 0 Å². The van der Waals surface area contributed by atoms with E-state index in [1.54, 1.807) is 6.07 Å². The van der Waals surface area contributed by atoms with Gasteiger partial charge < -0.3 is 10.2 Å². The third kappa shape index (κ3) is 3.10. The third-order valence-electron chi connectivity index (χ3n) is 3.88. The number of hydrogen-bond donors (Lipinski definition) is 2. The van der Waals surface area contributed by atoms with Crippen molar-refractivity contribution in [2.45, 2.75) is 0 Å². The summed E-state index contributed by atoms with van der Waals surface area (Å²) in [5.74, 6) is -0.458. The molecule has 0 amide bonds. The van der Waals surface area contributed by atoms with Crippen LogP contribution in [0.3, 0.4) is 0 Å². The first-order valence-corrected chi connectivity index (χ1v) is 7.57. The van der Waals surface area contributed by atoms with Crippen molar-refractivity contribution in [1.82, 2.24) is 9.97 Å². The molecule has 0 unspecified atom stereocenters. The second-order valence-corrected chi connectivity index (χ2v) is 5.45. The zero-order valence-electron chi connectivity index (χ0n) is 12.7. The fourth-order valence-corrected chi connectivity index (χ4v) is 2.69. The number of phenols is 2. The average Bonchev–Trinajstić information content (AvgIpc) is 2.65. The molecule has 3 aromatic carbocycles. The van der Waals surface area contributed by atoms with Crippen LogP contribution in [0.1, 0.15) is 0 Å². The van der Waals surface area contributed by atoms with Crippen molar-refractivity contribution < 1.29 is 10.2 Å². The number of nitrogens with zero attached hydrogens (tertiary/aromatic N) is 2. The third-order valence-corrected chi connectivity index (χ3v) is 3.88. The van der Waals surface area contributed by atoms with Crippen LogP contribution in [-0.4, -0.2) is 39.0 Å². The van der Waals surface area contributed by atoms with Gasteiger partial charge in [-0.2, -0.15) is 0 Å². The van der Waals surface area contributed by atoms with Crippen molar-refractivity contribution in [1.29, 1.82) is 0 Å². The number of aromatic hydroxyl groups is 2. The fraction of sp³-hybridized carbons (Fsp3) is 0. The van der Waals surface area contributed by atoms with Crippen LogP contribution in [0.25, 0.3) is 33.5 Å². The molecule has 0 bridgehead atoms. The molecule has 4 aromatic rings. The molecule has 0 aliphatic heterocycles. The van der Waals surface area contributed by atoms with Gasteiger partial charge in [0.1, 0.15) is 5.52 Å². The van der Waals surface area contributed by atoms with Crippen molar-refractivity contribution >= 4 is 29.9 Å². The molecule has 4 nitrogen and oxygen atoms in total. The number of hydrogen-bond acceptors (Lipinski definition) is 4. The maximum absolute atomic E-state index is 10.1. The Bertz CT molecular complexity index is 1020. The Morgan fingerprint density at radius 1 is 0.600 bits per heavy atom. The van der Waals surface area contributed by atoms with E-state index in [0.717, 1.165) is 16.8 Å². The topological polar surface area (TPSA) is 66.2 Å². The summed E-state index contributed by atoms with van der Waals surface area (Å²) in [6.07, 6.45) is 0. The van der Waals surface area contributed by atoms with Crippen LogP contribution in [0.5, 0.6) is 11.5 Å². The van der Waals surface area contributed by atoms with Crippen LogP contribution in [0.2, 0.25) is 0 Å². The van der Waals surface area contributed by atoms with Crippen molar-refractivity contribution in [3.05, 3.63) is 72.8 Å². The van der Waals surface area contributed by atoms with E-state index in [2.05, 4.69) is 4.98 Å². The minimum absolute atomic E-state index is 0. The van der Waals surface area contributed by atoms with Gasteiger partial charge in [0.05, 0.1) is 16.9 Å². The summed E-state index contributed by atoms with van der Waals surface area (Å²) in [4.78, 5) is 9.30. The van der Waals surface area contributed by atoms with Gasteiger partial charge in [-0.15, -0.1) is 0 Å². The molecule has 0 radical (unpaired) electrons. The van der Waals surface area contributed by atoms with Crippen LogP contribution < -0.4 is 0 Å². The maximum atomic E-state index is 10.1. The molecule has 0 saturated heterocycles. The summed E-state index contributed by atoms with van der Waals surface area (Å²) in [7, 11) is 0. The van der Waals surface area contributed by atoms with Crippen LogP contribution in [-0.2, 0) is 0 Å². The van der Waals surface area contributed by atoms with Gasteiger partial charge in [-0.3, -0.25) is 0 Å². The minimum atomic E-state index is -0.253. The van der Waals surface area contributed by atoms with Gasteiger partial charge in [0.15, 0.2) is 11.5 Å². The van der Waals surface area contributed by atoms with Gasteiger partial charge >= 0.3 is 18.9 Å². The Kier molecular flexibility index (Phi) is 4.76. The van der Waals surface area contributed by atoms with Crippen LogP contribution in [0, 0.1) is 0 Å². The van der Waals surface area contributed by atoms with E-state index in [-0.39, 0.29) is 35.9 Å². The molecular weight excluding hydrogens is 307 g/mol. The quantitative estimate of drug-likeness (QED) is 0.436. The van der Waals surface area contributed by atoms with Gasteiger partial charge in [-0.1, -0.05) is 60.7 Å². The second-order valence-electron chi connectivity index (χ2n) is 5.45. The van der Waals surface area contributed by atoms with E-state index >= 15 is 0 Å². The summed E-state index contributed by atoms with van der Waals surface area (Å²) < 4.78 is 0. The monoisotopic (exact) mass is 322 g/mol. The molecule has 4 rings (SSSR count). The molecule has 0 saturated carbocycles. The molecule has 0 aliphatic carbocycles. The van der Waals surface area contributed by atoms with E-state index in [1.165, 1.54) is 6.07 Å². The molecule has 5 heteroatoms. The summed E-state index contributed by atoms with van der Waals surface area (Å²) in [5.41, 5.74) is 4.05. The van der Waals surface area contributed by atoms with Gasteiger partial charge in [0.2, 0.25) is 0 Å². The molecule has 0 fully saturated rings. The number of rotatable bonds is 2. The molecule has 1 aromatic heterocycles. The van der Waals surface area contributed by atoms with Crippen molar-refractivity contribution in [2.24, 2.45) is 0 Å². The van der Waals surface area contributed by atoms with E-state index < -0.39 is 0 Å².